The largest absolute Gasteiger partial charge is 0.615 e. The average Bonchev–Trinajstić information content (AvgIpc) is 1.63. The van der Waals surface area contributed by atoms with Crippen LogP contribution < -0.4 is 0 Å². The van der Waals surface area contributed by atoms with Crippen molar-refractivity contribution in [2.24, 2.45) is 0 Å². The number of ether oxygens (including phenoxy) is 1. The maximum atomic E-state index is 10.3. The summed E-state index contributed by atoms with van der Waals surface area (Å²) < 4.78 is 25.4. The van der Waals surface area contributed by atoms with Gasteiger partial charge in [-0.1, -0.05) is 0 Å². The normalized spacial score (nSPS) is 17.3. The van der Waals surface area contributed by atoms with E-state index >= 15 is 0 Å². The van der Waals surface area contributed by atoms with Crippen molar-refractivity contribution in [1.29, 1.82) is 0 Å². The second kappa shape index (κ2) is 5.37. The highest BCUT2D eigenvalue weighted by atomic mass is 32.2. The van der Waals surface area contributed by atoms with Gasteiger partial charge in [-0.25, -0.2) is 0 Å². The predicted molar refractivity (Wildman–Crippen MR) is 39.0 cm³/mol. The molecule has 0 aromatic carbocycles. The van der Waals surface area contributed by atoms with E-state index in [1.807, 2.05) is 0 Å². The summed E-state index contributed by atoms with van der Waals surface area (Å²) >= 11 is -1.88. The lowest BCUT2D eigenvalue weighted by atomic mass is 11.5. The fourth-order valence-electron chi connectivity index (χ4n) is 0.269. The maximum Gasteiger partial charge on any atom is 0.209 e. The Morgan fingerprint density at radius 1 is 1.11 bits per heavy atom. The molecule has 0 N–H and O–H groups in total. The van der Waals surface area contributed by atoms with Crippen molar-refractivity contribution in [3.63, 3.8) is 0 Å². The molecule has 0 fully saturated rings. The zero-order chi connectivity index (χ0) is 7.28. The van der Waals surface area contributed by atoms with Crippen molar-refractivity contribution in [1.82, 2.24) is 0 Å². The molecule has 0 aromatic rings. The van der Waals surface area contributed by atoms with Gasteiger partial charge in [-0.15, -0.1) is 0 Å². The molecule has 2 atom stereocenters. The van der Waals surface area contributed by atoms with E-state index in [0.29, 0.717) is 0 Å². The average molecular weight is 170 g/mol. The molecule has 9 heavy (non-hydrogen) atoms. The molecule has 0 aliphatic carbocycles. The maximum absolute atomic E-state index is 10.3. The van der Waals surface area contributed by atoms with Crippen LogP contribution in [0, 0.1) is 0 Å². The highest BCUT2D eigenvalue weighted by molar-refractivity contribution is 7.91. The van der Waals surface area contributed by atoms with E-state index in [4.69, 9.17) is 4.74 Å². The Kier molecular flexibility index (Phi) is 5.72. The van der Waals surface area contributed by atoms with E-state index in [9.17, 15) is 9.11 Å². The lowest BCUT2D eigenvalue weighted by Gasteiger charge is -2.06. The Morgan fingerprint density at radius 2 is 1.44 bits per heavy atom. The zero-order valence-corrected chi connectivity index (χ0v) is 7.09. The molecule has 0 saturated heterocycles. The number of hydrogen-bond acceptors (Lipinski definition) is 3. The molecule has 0 aliphatic rings. The molecule has 2 unspecified atom stereocenters. The van der Waals surface area contributed by atoms with Crippen molar-refractivity contribution < 1.29 is 13.8 Å². The third-order valence-corrected chi connectivity index (χ3v) is 1.50. The zero-order valence-electron chi connectivity index (χ0n) is 5.46. The Balaban J connectivity index is 2.91. The molecule has 0 aromatic heterocycles. The van der Waals surface area contributed by atoms with Crippen LogP contribution in [0.25, 0.3) is 0 Å². The predicted octanol–water partition coefficient (Wildman–Crippen LogP) is -0.325. The first-order valence-electron chi connectivity index (χ1n) is 2.30. The minimum atomic E-state index is -0.939. The first-order chi connectivity index (χ1) is 4.13. The van der Waals surface area contributed by atoms with Crippen LogP contribution in [0.5, 0.6) is 0 Å². The summed E-state index contributed by atoms with van der Waals surface area (Å²) in [6.45, 7) is 0. The Morgan fingerprint density at radius 3 is 1.67 bits per heavy atom. The van der Waals surface area contributed by atoms with Gasteiger partial charge < -0.3 is 9.11 Å². The van der Waals surface area contributed by atoms with E-state index in [1.165, 1.54) is 0 Å². The second-order valence-corrected chi connectivity index (χ2v) is 4.35. The molecular formula is C4H10O3S2. The van der Waals surface area contributed by atoms with E-state index in [-0.39, 0.29) is 11.9 Å². The second-order valence-electron chi connectivity index (χ2n) is 1.59. The molecule has 0 saturated carbocycles. The van der Waals surface area contributed by atoms with Crippen molar-refractivity contribution in [2.45, 2.75) is 0 Å². The lowest BCUT2D eigenvalue weighted by molar-refractivity contribution is 0.225. The van der Waals surface area contributed by atoms with Gasteiger partial charge in [-0.2, -0.15) is 0 Å². The topological polar surface area (TPSA) is 55.3 Å². The SMILES string of the molecule is C[S+]([O-])COC[S+](C)[O-]. The number of rotatable bonds is 4. The van der Waals surface area contributed by atoms with E-state index < -0.39 is 22.4 Å². The van der Waals surface area contributed by atoms with Crippen LogP contribution in [0.15, 0.2) is 0 Å². The van der Waals surface area contributed by atoms with Crippen LogP contribution in [-0.2, 0) is 27.1 Å². The Labute approximate surface area is 61.1 Å². The highest BCUT2D eigenvalue weighted by Crippen LogP contribution is 1.88. The molecule has 3 nitrogen and oxygen atoms in total. The molecule has 0 rings (SSSR count). The first kappa shape index (κ1) is 9.58. The third kappa shape index (κ3) is 8.58. The van der Waals surface area contributed by atoms with Crippen LogP contribution >= 0.6 is 0 Å². The summed E-state index contributed by atoms with van der Waals surface area (Å²) in [5.74, 6) is 0.360. The fraction of sp³-hybridized carbons (Fsp3) is 1.00. The summed E-state index contributed by atoms with van der Waals surface area (Å²) in [5, 5.41) is 0. The van der Waals surface area contributed by atoms with Crippen LogP contribution in [0.1, 0.15) is 0 Å². The standard InChI is InChI=1S/C4H10O3S2/c1-8(5)3-7-4-9(2)6/h3-4H2,1-2H3. The van der Waals surface area contributed by atoms with Gasteiger partial charge in [0.1, 0.15) is 0 Å². The van der Waals surface area contributed by atoms with Crippen LogP contribution in [0.3, 0.4) is 0 Å². The number of hydrogen-bond donors (Lipinski definition) is 0. The third-order valence-electron chi connectivity index (χ3n) is 0.499. The first-order valence-corrected chi connectivity index (χ1v) is 5.76. The van der Waals surface area contributed by atoms with Gasteiger partial charge in [-0.3, -0.25) is 4.74 Å². The van der Waals surface area contributed by atoms with Crippen LogP contribution in [0.2, 0.25) is 0 Å². The molecule has 5 heteroatoms. The molecule has 0 spiro atoms. The minimum absolute atomic E-state index is 0.180. The molecule has 56 valence electrons. The highest BCUT2D eigenvalue weighted by Gasteiger charge is 2.00. The summed E-state index contributed by atoms with van der Waals surface area (Å²) in [4.78, 5) is 0. The Hall–Kier alpha value is 0.580. The quantitative estimate of drug-likeness (QED) is 0.543. The van der Waals surface area contributed by atoms with Gasteiger partial charge in [0, 0.05) is 0 Å². The fourth-order valence-corrected chi connectivity index (χ4v) is 1.01. The molecule has 0 amide bonds. The minimum Gasteiger partial charge on any atom is -0.615 e. The van der Waals surface area contributed by atoms with Gasteiger partial charge in [0.2, 0.25) is 11.9 Å². The van der Waals surface area contributed by atoms with Crippen molar-refractivity contribution in [2.75, 3.05) is 24.4 Å². The molecular weight excluding hydrogens is 160 g/mol. The molecule has 0 bridgehead atoms. The van der Waals surface area contributed by atoms with Crippen LogP contribution in [0.4, 0.5) is 0 Å². The Bertz CT molecular complexity index is 58.8. The summed E-state index contributed by atoms with van der Waals surface area (Å²) in [7, 11) is 0. The summed E-state index contributed by atoms with van der Waals surface area (Å²) in [6.07, 6.45) is 3.08. The van der Waals surface area contributed by atoms with Gasteiger partial charge in [0.25, 0.3) is 0 Å². The van der Waals surface area contributed by atoms with Gasteiger partial charge in [0.15, 0.2) is 0 Å². The summed E-state index contributed by atoms with van der Waals surface area (Å²) in [6, 6.07) is 0. The molecule has 0 radical (unpaired) electrons. The van der Waals surface area contributed by atoms with Crippen molar-refractivity contribution in [3.8, 4) is 0 Å². The van der Waals surface area contributed by atoms with Gasteiger partial charge in [-0.05, 0) is 22.4 Å². The monoisotopic (exact) mass is 170 g/mol. The lowest BCUT2D eigenvalue weighted by Crippen LogP contribution is -2.13. The van der Waals surface area contributed by atoms with Crippen molar-refractivity contribution in [3.05, 3.63) is 0 Å². The summed E-state index contributed by atoms with van der Waals surface area (Å²) in [5.41, 5.74) is 0. The van der Waals surface area contributed by atoms with Crippen molar-refractivity contribution >= 4 is 22.4 Å². The smallest absolute Gasteiger partial charge is 0.209 e. The van der Waals surface area contributed by atoms with Crippen LogP contribution in [-0.4, -0.2) is 33.5 Å². The van der Waals surface area contributed by atoms with Gasteiger partial charge >= 0.3 is 0 Å². The van der Waals surface area contributed by atoms with Gasteiger partial charge in [0.05, 0.1) is 12.5 Å². The van der Waals surface area contributed by atoms with E-state index in [1.54, 1.807) is 12.5 Å². The molecule has 0 aliphatic heterocycles. The molecule has 0 heterocycles. The van der Waals surface area contributed by atoms with E-state index in [0.717, 1.165) is 0 Å². The van der Waals surface area contributed by atoms with E-state index in [2.05, 4.69) is 0 Å².